The summed E-state index contributed by atoms with van der Waals surface area (Å²) in [6, 6.07) is 10.8. The highest BCUT2D eigenvalue weighted by Crippen LogP contribution is 2.38. The molecule has 0 saturated carbocycles. The summed E-state index contributed by atoms with van der Waals surface area (Å²) in [6.07, 6.45) is 0. The smallest absolute Gasteiger partial charge is 0.337 e. The van der Waals surface area contributed by atoms with Crippen LogP contribution in [0.1, 0.15) is 15.9 Å². The number of hydrogen-bond acceptors (Lipinski definition) is 7. The van der Waals surface area contributed by atoms with Gasteiger partial charge in [0.15, 0.2) is 15.0 Å². The molecule has 2 heterocycles. The summed E-state index contributed by atoms with van der Waals surface area (Å²) >= 11 is 7.59. The SMILES string of the molecule is COC(=O)c1cccc(N(Cc2c(F)cccc2Cl)C2=N[C@@H]3CS(=O)(=O)C[C@@H]3S2)c1. The molecule has 30 heavy (non-hydrogen) atoms. The monoisotopic (exact) mass is 468 g/mol. The van der Waals surface area contributed by atoms with E-state index < -0.39 is 21.6 Å². The zero-order valence-corrected chi connectivity index (χ0v) is 18.3. The van der Waals surface area contributed by atoms with E-state index in [1.54, 1.807) is 35.2 Å². The highest BCUT2D eigenvalue weighted by atomic mass is 35.5. The summed E-state index contributed by atoms with van der Waals surface area (Å²) < 4.78 is 43.1. The van der Waals surface area contributed by atoms with E-state index in [-0.39, 0.29) is 39.9 Å². The van der Waals surface area contributed by atoms with E-state index in [4.69, 9.17) is 16.3 Å². The van der Waals surface area contributed by atoms with Gasteiger partial charge in [0.25, 0.3) is 0 Å². The van der Waals surface area contributed by atoms with Gasteiger partial charge in [0.2, 0.25) is 0 Å². The molecular weight excluding hydrogens is 451 g/mol. The van der Waals surface area contributed by atoms with Crippen LogP contribution in [0.25, 0.3) is 0 Å². The highest BCUT2D eigenvalue weighted by molar-refractivity contribution is 8.15. The van der Waals surface area contributed by atoms with Crippen molar-refractivity contribution < 1.29 is 22.3 Å². The maximum Gasteiger partial charge on any atom is 0.337 e. The number of amidine groups is 1. The summed E-state index contributed by atoms with van der Waals surface area (Å²) in [5.41, 5.74) is 1.23. The number of ether oxygens (including phenoxy) is 1. The Morgan fingerprint density at radius 2 is 2.07 bits per heavy atom. The molecule has 2 aliphatic heterocycles. The molecule has 0 radical (unpaired) electrons. The Labute approximate surface area is 183 Å². The molecule has 0 bridgehead atoms. The van der Waals surface area contributed by atoms with E-state index in [0.717, 1.165) is 0 Å². The molecule has 6 nitrogen and oxygen atoms in total. The Morgan fingerprint density at radius 3 is 2.77 bits per heavy atom. The number of benzene rings is 2. The van der Waals surface area contributed by atoms with Crippen molar-refractivity contribution in [1.29, 1.82) is 0 Å². The summed E-state index contributed by atoms with van der Waals surface area (Å²) in [5, 5.41) is 0.670. The van der Waals surface area contributed by atoms with Crippen LogP contribution in [0.15, 0.2) is 47.5 Å². The van der Waals surface area contributed by atoms with Gasteiger partial charge < -0.3 is 9.64 Å². The number of rotatable bonds is 4. The second kappa shape index (κ2) is 8.20. The molecule has 0 aliphatic carbocycles. The van der Waals surface area contributed by atoms with Crippen LogP contribution in [0.5, 0.6) is 0 Å². The maximum absolute atomic E-state index is 14.5. The number of fused-ring (bicyclic) bond motifs is 1. The van der Waals surface area contributed by atoms with Gasteiger partial charge in [0.05, 0.1) is 36.8 Å². The summed E-state index contributed by atoms with van der Waals surface area (Å²) in [6.45, 7) is 0.0775. The van der Waals surface area contributed by atoms with Gasteiger partial charge in [-0.3, -0.25) is 4.99 Å². The molecule has 0 aromatic heterocycles. The molecule has 2 aliphatic rings. The van der Waals surface area contributed by atoms with E-state index in [2.05, 4.69) is 4.99 Å². The van der Waals surface area contributed by atoms with Gasteiger partial charge in [-0.2, -0.15) is 0 Å². The van der Waals surface area contributed by atoms with Gasteiger partial charge in [0, 0.05) is 21.5 Å². The van der Waals surface area contributed by atoms with Crippen molar-refractivity contribution in [3.63, 3.8) is 0 Å². The Balaban J connectivity index is 1.74. The van der Waals surface area contributed by atoms with Gasteiger partial charge in [-0.1, -0.05) is 35.5 Å². The van der Waals surface area contributed by atoms with E-state index in [1.165, 1.54) is 31.0 Å². The topological polar surface area (TPSA) is 76.0 Å². The number of sulfone groups is 1. The number of nitrogens with zero attached hydrogens (tertiary/aromatic N) is 2. The van der Waals surface area contributed by atoms with Crippen molar-refractivity contribution in [2.45, 2.75) is 17.8 Å². The Bertz CT molecular complexity index is 1120. The molecule has 158 valence electrons. The number of aliphatic imine (C=N–C) groups is 1. The van der Waals surface area contributed by atoms with Crippen LogP contribution >= 0.6 is 23.4 Å². The third-order valence-corrected chi connectivity index (χ3v) is 8.59. The molecule has 2 aromatic carbocycles. The minimum Gasteiger partial charge on any atom is -0.465 e. The fraction of sp³-hybridized carbons (Fsp3) is 0.300. The van der Waals surface area contributed by atoms with E-state index in [9.17, 15) is 17.6 Å². The van der Waals surface area contributed by atoms with Crippen molar-refractivity contribution in [2.75, 3.05) is 23.5 Å². The van der Waals surface area contributed by atoms with Gasteiger partial charge in [-0.15, -0.1) is 0 Å². The fourth-order valence-corrected chi connectivity index (χ4v) is 7.50. The molecule has 2 aromatic rings. The van der Waals surface area contributed by atoms with Gasteiger partial charge in [0.1, 0.15) is 5.82 Å². The molecule has 0 N–H and O–H groups in total. The molecule has 1 fully saturated rings. The zero-order valence-electron chi connectivity index (χ0n) is 15.9. The van der Waals surface area contributed by atoms with Crippen LogP contribution in [-0.4, -0.2) is 49.5 Å². The summed E-state index contributed by atoms with van der Waals surface area (Å²) in [4.78, 5) is 18.4. The predicted octanol–water partition coefficient (Wildman–Crippen LogP) is 3.54. The van der Waals surface area contributed by atoms with E-state index in [0.29, 0.717) is 16.4 Å². The lowest BCUT2D eigenvalue weighted by molar-refractivity contribution is 0.0600. The molecule has 0 spiro atoms. The van der Waals surface area contributed by atoms with Crippen LogP contribution in [0.3, 0.4) is 0 Å². The third-order valence-electron chi connectivity index (χ3n) is 4.99. The number of halogens is 2. The lowest BCUT2D eigenvalue weighted by Gasteiger charge is -2.26. The van der Waals surface area contributed by atoms with Gasteiger partial charge in [-0.05, 0) is 30.3 Å². The first-order chi connectivity index (χ1) is 14.3. The molecule has 0 amide bonds. The first-order valence-electron chi connectivity index (χ1n) is 9.11. The van der Waals surface area contributed by atoms with E-state index in [1.807, 2.05) is 0 Å². The second-order valence-corrected chi connectivity index (χ2v) is 10.8. The normalized spacial score (nSPS) is 21.8. The molecule has 2 atom stereocenters. The number of esters is 1. The standard InChI is InChI=1S/C20H18ClFN2O4S2/c1-28-19(25)12-4-2-5-13(8-12)24(9-14-15(21)6-3-7-16(14)22)20-23-17-10-30(26,27)11-18(17)29-20/h2-8,17-18H,9-11H2,1H3/t17-,18+/m1/s1. The average molecular weight is 469 g/mol. The van der Waals surface area contributed by atoms with Crippen LogP contribution in [0, 0.1) is 5.82 Å². The van der Waals surface area contributed by atoms with Crippen molar-refractivity contribution in [3.8, 4) is 0 Å². The van der Waals surface area contributed by atoms with Crippen molar-refractivity contribution in [1.82, 2.24) is 0 Å². The third kappa shape index (κ3) is 4.19. The summed E-state index contributed by atoms with van der Waals surface area (Å²) in [7, 11) is -1.81. The fourth-order valence-electron chi connectivity index (χ4n) is 3.50. The quantitative estimate of drug-likeness (QED) is 0.639. The minimum atomic E-state index is -3.10. The van der Waals surface area contributed by atoms with Crippen LogP contribution in [0.2, 0.25) is 5.02 Å². The number of carbonyl (C=O) groups excluding carboxylic acids is 1. The zero-order chi connectivity index (χ0) is 21.5. The molecular formula is C20H18ClFN2O4S2. The predicted molar refractivity (Wildman–Crippen MR) is 117 cm³/mol. The van der Waals surface area contributed by atoms with Gasteiger partial charge >= 0.3 is 5.97 Å². The number of carbonyl (C=O) groups is 1. The van der Waals surface area contributed by atoms with Crippen LogP contribution < -0.4 is 4.90 Å². The summed E-state index contributed by atoms with van der Waals surface area (Å²) in [5.74, 6) is -0.885. The van der Waals surface area contributed by atoms with Crippen molar-refractivity contribution in [3.05, 3.63) is 64.4 Å². The second-order valence-electron chi connectivity index (χ2n) is 7.04. The van der Waals surface area contributed by atoms with Crippen molar-refractivity contribution in [2.24, 2.45) is 4.99 Å². The Hall–Kier alpha value is -2.10. The average Bonchev–Trinajstić information content (AvgIpc) is 3.20. The molecule has 10 heteroatoms. The Kier molecular flexibility index (Phi) is 5.78. The first-order valence-corrected chi connectivity index (χ1v) is 12.2. The van der Waals surface area contributed by atoms with Gasteiger partial charge in [-0.25, -0.2) is 17.6 Å². The molecule has 4 rings (SSSR count). The van der Waals surface area contributed by atoms with E-state index >= 15 is 0 Å². The lowest BCUT2D eigenvalue weighted by atomic mass is 10.1. The maximum atomic E-state index is 14.5. The number of anilines is 1. The molecule has 1 saturated heterocycles. The van der Waals surface area contributed by atoms with Crippen LogP contribution in [-0.2, 0) is 21.1 Å². The van der Waals surface area contributed by atoms with Crippen molar-refractivity contribution >= 4 is 50.0 Å². The minimum absolute atomic E-state index is 0.00462. The number of thioether (sulfide) groups is 1. The lowest BCUT2D eigenvalue weighted by Crippen LogP contribution is -2.29. The Morgan fingerprint density at radius 1 is 1.30 bits per heavy atom. The van der Waals surface area contributed by atoms with Crippen LogP contribution in [0.4, 0.5) is 10.1 Å². The molecule has 0 unspecified atom stereocenters. The first kappa shape index (κ1) is 21.1. The number of methoxy groups -OCH3 is 1. The number of hydrogen-bond donors (Lipinski definition) is 0. The largest absolute Gasteiger partial charge is 0.465 e. The highest BCUT2D eigenvalue weighted by Gasteiger charge is 2.44.